The van der Waals surface area contributed by atoms with Gasteiger partial charge in [0.1, 0.15) is 22.3 Å². The fourth-order valence-corrected chi connectivity index (χ4v) is 17.3. The second-order valence-corrected chi connectivity index (χ2v) is 26.1. The van der Waals surface area contributed by atoms with Crippen molar-refractivity contribution in [1.29, 1.82) is 0 Å². The monoisotopic (exact) mass is 997 g/mol. The topological polar surface area (TPSA) is 159 Å². The van der Waals surface area contributed by atoms with E-state index in [2.05, 4.69) is 127 Å². The SMILES string of the molecule is CO.C[Si](CC(CCC1CCCC1)OC(=O)c1ccc([N+](=O)[O-])cc1)(c1ccccc1)c1ccccc1.C[Si](CC(O)CCC1CCCC1)(c1ccccc1)c1ccccc1.O=CO[O-].[H-].[K+].[K+]. The molecule has 0 aliphatic heterocycles. The number of nitro groups is 1. The molecule has 5 aromatic rings. The zero-order valence-electron chi connectivity index (χ0n) is 41.3. The van der Waals surface area contributed by atoms with Crippen LogP contribution in [0.15, 0.2) is 146 Å². The number of aliphatic hydroxyl groups excluding tert-OH is 2. The maximum Gasteiger partial charge on any atom is 1.00 e. The molecule has 2 aliphatic carbocycles. The molecule has 2 aliphatic rings. The minimum absolute atomic E-state index is 0. The average Bonchev–Trinajstić information content (AvgIpc) is 4.10. The molecule has 0 spiro atoms. The van der Waals surface area contributed by atoms with E-state index in [0.29, 0.717) is 11.5 Å². The van der Waals surface area contributed by atoms with Gasteiger partial charge in [0, 0.05) is 19.2 Å². The van der Waals surface area contributed by atoms with Crippen molar-refractivity contribution in [2.45, 2.75) is 114 Å². The van der Waals surface area contributed by atoms with Crippen LogP contribution in [0.4, 0.5) is 5.69 Å². The van der Waals surface area contributed by atoms with E-state index in [9.17, 15) is 20.0 Å². The summed E-state index contributed by atoms with van der Waals surface area (Å²) in [6, 6.07) is 50.3. The number of benzene rings is 5. The molecule has 7 rings (SSSR count). The predicted octanol–water partition coefficient (Wildman–Crippen LogP) is 2.36. The van der Waals surface area contributed by atoms with Crippen LogP contribution >= 0.6 is 0 Å². The molecule has 5 aromatic carbocycles. The van der Waals surface area contributed by atoms with Crippen LogP contribution in [0, 0.1) is 22.0 Å². The maximum absolute atomic E-state index is 13.1. The van der Waals surface area contributed by atoms with Crippen molar-refractivity contribution in [3.63, 3.8) is 0 Å². The molecule has 0 bridgehead atoms. The summed E-state index contributed by atoms with van der Waals surface area (Å²) in [7, 11) is -3.09. The van der Waals surface area contributed by atoms with Gasteiger partial charge in [-0.2, -0.15) is 0 Å². The third-order valence-electron chi connectivity index (χ3n) is 13.3. The van der Waals surface area contributed by atoms with Gasteiger partial charge in [0.25, 0.3) is 12.2 Å². The Morgan fingerprint density at radius 2 is 1.00 bits per heavy atom. The first-order chi connectivity index (χ1) is 31.6. The number of nitro benzene ring substituents is 1. The molecule has 2 saturated carbocycles. The van der Waals surface area contributed by atoms with Gasteiger partial charge in [-0.3, -0.25) is 14.9 Å². The van der Waals surface area contributed by atoms with Crippen LogP contribution in [0.5, 0.6) is 0 Å². The van der Waals surface area contributed by atoms with Gasteiger partial charge in [-0.1, -0.05) is 207 Å². The molecular weight excluding hydrogens is 929 g/mol. The van der Waals surface area contributed by atoms with Crippen LogP contribution in [-0.2, 0) is 14.4 Å². The molecule has 2 fully saturated rings. The number of non-ortho nitro benzene ring substituents is 1. The average molecular weight is 999 g/mol. The second kappa shape index (κ2) is 33.6. The minimum atomic E-state index is -2.20. The Kier molecular flexibility index (Phi) is 30.6. The van der Waals surface area contributed by atoms with Crippen molar-refractivity contribution in [3.05, 3.63) is 161 Å². The summed E-state index contributed by atoms with van der Waals surface area (Å²) in [4.78, 5) is 34.9. The molecule has 0 radical (unpaired) electrons. The molecule has 0 heterocycles. The summed E-state index contributed by atoms with van der Waals surface area (Å²) in [5.74, 6) is 1.16. The van der Waals surface area contributed by atoms with Crippen LogP contribution in [0.2, 0.25) is 25.2 Å². The standard InChI is InChI=1S/C29H33NO4Si.C22H30OSi.CH2O3.CH4O.2K.H/c1-35(27-12-4-2-5-13-27,28-14-6-3-7-15-28)22-26(21-16-23-10-8-9-11-23)34-29(31)24-17-19-25(20-18-24)30(32)33;1-24(21-12-4-2-5-13-21,22-14-6-3-7-15-22)18-20(23)17-16-19-10-8-9-11-19;2-1-4-3;1-2;;;/h2-7,12-15,17-20,23,26H,8-11,16,21-22H2,1H3;2-7,12-15,19-20,23H,8-11,16-18H2,1H3;1,3H;2H,1H3;;;/q;;;;2*+1;-1/p-1. The Bertz CT molecular complexity index is 2020. The molecule has 0 saturated heterocycles. The van der Waals surface area contributed by atoms with Gasteiger partial charge in [-0.05, 0) is 61.7 Å². The summed E-state index contributed by atoms with van der Waals surface area (Å²) < 4.78 is 6.16. The van der Waals surface area contributed by atoms with Crippen molar-refractivity contribution in [2.75, 3.05) is 7.11 Å². The number of carbonyl (C=O) groups is 2. The molecule has 0 aromatic heterocycles. The van der Waals surface area contributed by atoms with E-state index in [1.54, 1.807) is 0 Å². The predicted molar refractivity (Wildman–Crippen MR) is 264 cm³/mol. The molecule has 2 unspecified atom stereocenters. The van der Waals surface area contributed by atoms with Gasteiger partial charge in [-0.25, -0.2) is 4.79 Å². The van der Waals surface area contributed by atoms with E-state index in [1.165, 1.54) is 103 Å². The largest absolute Gasteiger partial charge is 1.00 e. The van der Waals surface area contributed by atoms with Crippen molar-refractivity contribution < 1.29 is 144 Å². The number of hydrogen-bond donors (Lipinski definition) is 2. The van der Waals surface area contributed by atoms with Crippen LogP contribution in [0.3, 0.4) is 0 Å². The van der Waals surface area contributed by atoms with E-state index in [1.807, 2.05) is 12.1 Å². The molecular formula is C53H69K2NO9Si2. The summed E-state index contributed by atoms with van der Waals surface area (Å²) >= 11 is 0. The Balaban J connectivity index is 0.000000614. The first-order valence-electron chi connectivity index (χ1n) is 23.1. The van der Waals surface area contributed by atoms with Crippen molar-refractivity contribution in [1.82, 2.24) is 0 Å². The van der Waals surface area contributed by atoms with Crippen molar-refractivity contribution in [3.8, 4) is 0 Å². The first kappa shape index (κ1) is 61.1. The van der Waals surface area contributed by atoms with Crippen molar-refractivity contribution >= 4 is 55.0 Å². The number of ether oxygens (including phenoxy) is 1. The van der Waals surface area contributed by atoms with E-state index in [-0.39, 0.29) is 129 Å². The summed E-state index contributed by atoms with van der Waals surface area (Å²) in [6.07, 6.45) is 14.3. The number of esters is 1. The molecule has 2 N–H and O–H groups in total. The third-order valence-corrected chi connectivity index (χ3v) is 22.3. The Morgan fingerprint density at radius 3 is 1.34 bits per heavy atom. The van der Waals surface area contributed by atoms with Gasteiger partial charge >= 0.3 is 109 Å². The maximum atomic E-state index is 13.1. The first-order valence-corrected chi connectivity index (χ1v) is 28.5. The van der Waals surface area contributed by atoms with Crippen molar-refractivity contribution in [2.24, 2.45) is 11.8 Å². The normalized spacial score (nSPS) is 14.4. The molecule has 67 heavy (non-hydrogen) atoms. The zero-order valence-corrected chi connectivity index (χ0v) is 48.6. The number of aliphatic hydroxyl groups is 2. The number of hydrogen-bond acceptors (Lipinski definition) is 9. The fourth-order valence-electron chi connectivity index (χ4n) is 9.65. The van der Waals surface area contributed by atoms with Crippen LogP contribution in [0.1, 0.15) is 88.8 Å². The van der Waals surface area contributed by atoms with Gasteiger partial charge in [0.2, 0.25) is 0 Å². The van der Waals surface area contributed by atoms with E-state index >= 15 is 0 Å². The fraction of sp³-hybridized carbons (Fsp3) is 0.396. The second-order valence-electron chi connectivity index (χ2n) is 17.7. The molecule has 2 atom stereocenters. The minimum Gasteiger partial charge on any atom is -1.00 e. The Morgan fingerprint density at radius 1 is 0.657 bits per heavy atom. The third kappa shape index (κ3) is 20.0. The van der Waals surface area contributed by atoms with Crippen LogP contribution in [0.25, 0.3) is 0 Å². The molecule has 14 heteroatoms. The summed E-state index contributed by atoms with van der Waals surface area (Å²) in [6.45, 7) is 4.59. The molecule has 350 valence electrons. The quantitative estimate of drug-likeness (QED) is 0.0336. The molecule has 10 nitrogen and oxygen atoms in total. The van der Waals surface area contributed by atoms with Gasteiger partial charge < -0.3 is 26.5 Å². The van der Waals surface area contributed by atoms with Crippen LogP contribution < -0.4 is 129 Å². The summed E-state index contributed by atoms with van der Waals surface area (Å²) in [5, 5.41) is 42.7. The van der Waals surface area contributed by atoms with Gasteiger partial charge in [-0.15, -0.1) is 0 Å². The summed E-state index contributed by atoms with van der Waals surface area (Å²) in [5.41, 5.74) is 0.316. The number of carbonyl (C=O) groups excluding carboxylic acids is 2. The zero-order chi connectivity index (χ0) is 46.9. The smallest absolute Gasteiger partial charge is 1.00 e. The number of nitrogens with zero attached hydrogens (tertiary/aromatic N) is 1. The van der Waals surface area contributed by atoms with E-state index in [0.717, 1.165) is 44.4 Å². The van der Waals surface area contributed by atoms with E-state index < -0.39 is 27.0 Å². The van der Waals surface area contributed by atoms with Gasteiger partial charge in [0.05, 0.1) is 16.6 Å². The Hall–Kier alpha value is -1.97. The Labute approximate surface area is 487 Å². The number of rotatable bonds is 18. The van der Waals surface area contributed by atoms with Gasteiger partial charge in [0.15, 0.2) is 0 Å². The van der Waals surface area contributed by atoms with E-state index in [4.69, 9.17) is 19.9 Å². The van der Waals surface area contributed by atoms with Crippen LogP contribution in [-0.4, -0.2) is 63.0 Å². The molecule has 0 amide bonds.